The van der Waals surface area contributed by atoms with Gasteiger partial charge in [0.05, 0.1) is 4.91 Å². The Morgan fingerprint density at radius 1 is 1.27 bits per heavy atom. The minimum Gasteiger partial charge on any atom is -0.293 e. The van der Waals surface area contributed by atoms with Crippen molar-refractivity contribution in [1.29, 1.82) is 0 Å². The minimum atomic E-state index is 0.0637. The molecule has 0 spiro atoms. The van der Waals surface area contributed by atoms with Gasteiger partial charge in [-0.05, 0) is 24.0 Å². The maximum atomic E-state index is 12.6. The summed E-state index contributed by atoms with van der Waals surface area (Å²) in [6.07, 6.45) is 6.61. The Labute approximate surface area is 143 Å². The quantitative estimate of drug-likeness (QED) is 0.511. The van der Waals surface area contributed by atoms with E-state index in [1.165, 1.54) is 31.0 Å². The third-order valence-corrected chi connectivity index (χ3v) is 5.33. The number of nitrogens with zero attached hydrogens (tertiary/aromatic N) is 1. The van der Waals surface area contributed by atoms with Crippen LogP contribution in [0.15, 0.2) is 35.2 Å². The zero-order valence-corrected chi connectivity index (χ0v) is 14.9. The molecule has 4 heteroatoms. The van der Waals surface area contributed by atoms with E-state index in [4.69, 9.17) is 12.2 Å². The van der Waals surface area contributed by atoms with E-state index in [0.29, 0.717) is 10.2 Å². The third-order valence-electron chi connectivity index (χ3n) is 3.95. The van der Waals surface area contributed by atoms with Gasteiger partial charge < -0.3 is 0 Å². The summed E-state index contributed by atoms with van der Waals surface area (Å²) < 4.78 is 0.696. The van der Waals surface area contributed by atoms with E-state index in [-0.39, 0.29) is 5.91 Å². The number of rotatable bonds is 7. The fourth-order valence-corrected chi connectivity index (χ4v) is 3.81. The van der Waals surface area contributed by atoms with Crippen LogP contribution >= 0.6 is 24.0 Å². The van der Waals surface area contributed by atoms with Crippen molar-refractivity contribution in [3.63, 3.8) is 0 Å². The van der Waals surface area contributed by atoms with Crippen LogP contribution in [0.1, 0.15) is 45.1 Å². The molecule has 1 atom stereocenters. The molecule has 1 aromatic rings. The molecule has 1 aromatic carbocycles. The maximum absolute atomic E-state index is 12.6. The van der Waals surface area contributed by atoms with Crippen molar-refractivity contribution < 1.29 is 4.79 Å². The standard InChI is InChI=1S/C18H23NOS2/c1-3-5-9-14(4-2)13-19-17(20)16(22-18(19)21)12-15-10-7-6-8-11-15/h6-8,10-12,14H,3-5,9,13H2,1-2H3/b16-12-. The Morgan fingerprint density at radius 3 is 2.64 bits per heavy atom. The lowest BCUT2D eigenvalue weighted by Gasteiger charge is -2.21. The predicted molar refractivity (Wildman–Crippen MR) is 99.6 cm³/mol. The molecule has 0 radical (unpaired) electrons. The SMILES string of the molecule is CCCCC(CC)CN1C(=O)/C(=C/c2ccccc2)SC1=S. The smallest absolute Gasteiger partial charge is 0.266 e. The van der Waals surface area contributed by atoms with Gasteiger partial charge in [0.25, 0.3) is 5.91 Å². The van der Waals surface area contributed by atoms with Crippen molar-refractivity contribution in [3.8, 4) is 0 Å². The molecule has 1 saturated heterocycles. The van der Waals surface area contributed by atoms with Gasteiger partial charge in [0.15, 0.2) is 0 Å². The van der Waals surface area contributed by atoms with Gasteiger partial charge in [0, 0.05) is 6.54 Å². The number of unbranched alkanes of at least 4 members (excludes halogenated alkanes) is 1. The Morgan fingerprint density at radius 2 is 2.00 bits per heavy atom. The van der Waals surface area contributed by atoms with Gasteiger partial charge in [0.1, 0.15) is 4.32 Å². The van der Waals surface area contributed by atoms with E-state index in [0.717, 1.165) is 23.4 Å². The molecule has 1 fully saturated rings. The van der Waals surface area contributed by atoms with E-state index < -0.39 is 0 Å². The van der Waals surface area contributed by atoms with E-state index in [2.05, 4.69) is 13.8 Å². The van der Waals surface area contributed by atoms with Crippen LogP contribution in [-0.4, -0.2) is 21.7 Å². The average Bonchev–Trinajstić information content (AvgIpc) is 2.79. The first-order valence-electron chi connectivity index (χ1n) is 7.96. The van der Waals surface area contributed by atoms with E-state index in [9.17, 15) is 4.79 Å². The largest absolute Gasteiger partial charge is 0.293 e. The Hall–Kier alpha value is -1.13. The van der Waals surface area contributed by atoms with Crippen LogP contribution in [0.5, 0.6) is 0 Å². The molecule has 2 rings (SSSR count). The monoisotopic (exact) mass is 333 g/mol. The maximum Gasteiger partial charge on any atom is 0.266 e. The van der Waals surface area contributed by atoms with Crippen LogP contribution in [0.25, 0.3) is 6.08 Å². The number of benzene rings is 1. The molecule has 2 nitrogen and oxygen atoms in total. The lowest BCUT2D eigenvalue weighted by molar-refractivity contribution is -0.122. The number of carbonyl (C=O) groups is 1. The number of hydrogen-bond acceptors (Lipinski definition) is 3. The summed E-state index contributed by atoms with van der Waals surface area (Å²) in [6.45, 7) is 5.15. The molecule has 22 heavy (non-hydrogen) atoms. The molecule has 0 bridgehead atoms. The normalized spacial score (nSPS) is 18.3. The number of carbonyl (C=O) groups excluding carboxylic acids is 1. The van der Waals surface area contributed by atoms with Crippen molar-refractivity contribution in [3.05, 3.63) is 40.8 Å². The zero-order valence-electron chi connectivity index (χ0n) is 13.2. The van der Waals surface area contributed by atoms with Crippen LogP contribution < -0.4 is 0 Å². The summed E-state index contributed by atoms with van der Waals surface area (Å²) in [5.41, 5.74) is 1.04. The minimum absolute atomic E-state index is 0.0637. The van der Waals surface area contributed by atoms with Gasteiger partial charge in [-0.25, -0.2) is 0 Å². The van der Waals surface area contributed by atoms with Crippen LogP contribution in [0, 0.1) is 5.92 Å². The van der Waals surface area contributed by atoms with E-state index >= 15 is 0 Å². The first kappa shape index (κ1) is 17.2. The molecule has 0 aromatic heterocycles. The Bertz CT molecular complexity index is 553. The summed E-state index contributed by atoms with van der Waals surface area (Å²) in [5.74, 6) is 0.604. The van der Waals surface area contributed by atoms with Gasteiger partial charge in [-0.15, -0.1) is 0 Å². The summed E-state index contributed by atoms with van der Waals surface area (Å²) in [4.78, 5) is 15.1. The number of amides is 1. The molecule has 1 unspecified atom stereocenters. The first-order chi connectivity index (χ1) is 10.7. The molecule has 1 amide bonds. The highest BCUT2D eigenvalue weighted by Gasteiger charge is 2.33. The second kappa shape index (κ2) is 8.49. The average molecular weight is 334 g/mol. The molecule has 0 saturated carbocycles. The van der Waals surface area contributed by atoms with Gasteiger partial charge >= 0.3 is 0 Å². The lowest BCUT2D eigenvalue weighted by atomic mass is 9.99. The summed E-state index contributed by atoms with van der Waals surface area (Å²) in [5, 5.41) is 0. The second-order valence-electron chi connectivity index (χ2n) is 5.62. The molecular weight excluding hydrogens is 310 g/mol. The van der Waals surface area contributed by atoms with Crippen LogP contribution in [0.4, 0.5) is 0 Å². The van der Waals surface area contributed by atoms with Crippen LogP contribution in [0.3, 0.4) is 0 Å². The molecule has 0 N–H and O–H groups in total. The first-order valence-corrected chi connectivity index (χ1v) is 9.18. The molecule has 1 aliphatic heterocycles. The van der Waals surface area contributed by atoms with Crippen molar-refractivity contribution in [2.75, 3.05) is 6.54 Å². The highest BCUT2D eigenvalue weighted by molar-refractivity contribution is 8.26. The third kappa shape index (κ3) is 4.43. The summed E-state index contributed by atoms with van der Waals surface area (Å²) >= 11 is 6.84. The summed E-state index contributed by atoms with van der Waals surface area (Å²) in [6, 6.07) is 9.93. The fraction of sp³-hybridized carbons (Fsp3) is 0.444. The van der Waals surface area contributed by atoms with Gasteiger partial charge in [-0.1, -0.05) is 87.4 Å². The molecule has 0 aliphatic carbocycles. The van der Waals surface area contributed by atoms with Crippen molar-refractivity contribution in [2.45, 2.75) is 39.5 Å². The topological polar surface area (TPSA) is 20.3 Å². The Kier molecular flexibility index (Phi) is 6.65. The second-order valence-corrected chi connectivity index (χ2v) is 7.30. The van der Waals surface area contributed by atoms with Gasteiger partial charge in [-0.2, -0.15) is 0 Å². The zero-order chi connectivity index (χ0) is 15.9. The van der Waals surface area contributed by atoms with E-state index in [1.54, 1.807) is 4.90 Å². The summed E-state index contributed by atoms with van der Waals surface area (Å²) in [7, 11) is 0. The highest BCUT2D eigenvalue weighted by atomic mass is 32.2. The van der Waals surface area contributed by atoms with Crippen molar-refractivity contribution in [2.24, 2.45) is 5.92 Å². The number of hydrogen-bond donors (Lipinski definition) is 0. The predicted octanol–water partition coefficient (Wildman–Crippen LogP) is 5.10. The van der Waals surface area contributed by atoms with Crippen LogP contribution in [0.2, 0.25) is 0 Å². The lowest BCUT2D eigenvalue weighted by Crippen LogP contribution is -2.33. The number of thioether (sulfide) groups is 1. The van der Waals surface area contributed by atoms with Gasteiger partial charge in [0.2, 0.25) is 0 Å². The Balaban J connectivity index is 2.07. The van der Waals surface area contributed by atoms with Crippen molar-refractivity contribution >= 4 is 40.3 Å². The van der Waals surface area contributed by atoms with Gasteiger partial charge in [-0.3, -0.25) is 9.69 Å². The fourth-order valence-electron chi connectivity index (χ4n) is 2.53. The number of thiocarbonyl (C=S) groups is 1. The van der Waals surface area contributed by atoms with E-state index in [1.807, 2.05) is 36.4 Å². The highest BCUT2D eigenvalue weighted by Crippen LogP contribution is 2.33. The molecule has 1 heterocycles. The molecule has 118 valence electrons. The van der Waals surface area contributed by atoms with Crippen LogP contribution in [-0.2, 0) is 4.79 Å². The van der Waals surface area contributed by atoms with Crippen molar-refractivity contribution in [1.82, 2.24) is 4.90 Å². The molecule has 1 aliphatic rings. The molecular formula is C18H23NOS2.